The Labute approximate surface area is 75.1 Å². The highest BCUT2D eigenvalue weighted by molar-refractivity contribution is 7.99. The van der Waals surface area contributed by atoms with Crippen LogP contribution in [0.25, 0.3) is 0 Å². The van der Waals surface area contributed by atoms with Gasteiger partial charge >= 0.3 is 0 Å². The van der Waals surface area contributed by atoms with Crippen molar-refractivity contribution < 1.29 is 5.11 Å². The van der Waals surface area contributed by atoms with Crippen molar-refractivity contribution in [3.8, 4) is 6.07 Å². The third-order valence-electron chi connectivity index (χ3n) is 1.21. The Balaban J connectivity index is 2.68. The van der Waals surface area contributed by atoms with Crippen LogP contribution in [0.1, 0.15) is 5.56 Å². The molecule has 12 heavy (non-hydrogen) atoms. The minimum Gasteiger partial charge on any atom is -0.396 e. The first-order valence-electron chi connectivity index (χ1n) is 3.46. The second kappa shape index (κ2) is 4.75. The van der Waals surface area contributed by atoms with E-state index in [9.17, 15) is 0 Å². The van der Waals surface area contributed by atoms with E-state index in [0.29, 0.717) is 11.3 Å². The quantitative estimate of drug-likeness (QED) is 0.706. The lowest BCUT2D eigenvalue weighted by atomic mass is 10.3. The van der Waals surface area contributed by atoms with Crippen LogP contribution in [0.3, 0.4) is 0 Å². The van der Waals surface area contributed by atoms with Gasteiger partial charge in [0.2, 0.25) is 0 Å². The molecule has 0 aliphatic heterocycles. The summed E-state index contributed by atoms with van der Waals surface area (Å²) in [4.78, 5) is 4.03. The third-order valence-corrected chi connectivity index (χ3v) is 2.11. The van der Waals surface area contributed by atoms with Crippen LogP contribution < -0.4 is 0 Å². The first kappa shape index (κ1) is 9.04. The molecular weight excluding hydrogens is 172 g/mol. The van der Waals surface area contributed by atoms with E-state index in [0.717, 1.165) is 5.03 Å². The molecule has 0 saturated heterocycles. The summed E-state index contributed by atoms with van der Waals surface area (Å²) in [5.74, 6) is 0.613. The Morgan fingerprint density at radius 1 is 1.67 bits per heavy atom. The summed E-state index contributed by atoms with van der Waals surface area (Å²) in [5.41, 5.74) is 0.602. The number of thioether (sulfide) groups is 1. The molecule has 0 atom stereocenters. The van der Waals surface area contributed by atoms with Gasteiger partial charge in [-0.1, -0.05) is 0 Å². The molecule has 0 saturated carbocycles. The molecule has 0 radical (unpaired) electrons. The maximum atomic E-state index is 8.55. The number of aromatic nitrogens is 1. The molecule has 0 spiro atoms. The van der Waals surface area contributed by atoms with Crippen molar-refractivity contribution >= 4 is 11.8 Å². The summed E-state index contributed by atoms with van der Waals surface area (Å²) in [5, 5.41) is 17.9. The highest BCUT2D eigenvalue weighted by Crippen LogP contribution is 2.14. The zero-order valence-corrected chi connectivity index (χ0v) is 7.21. The zero-order valence-electron chi connectivity index (χ0n) is 6.40. The van der Waals surface area contributed by atoms with Crippen LogP contribution in [0.15, 0.2) is 23.4 Å². The molecule has 4 heteroatoms. The zero-order chi connectivity index (χ0) is 8.81. The number of pyridine rings is 1. The van der Waals surface area contributed by atoms with Crippen LogP contribution in [0.4, 0.5) is 0 Å². The molecule has 0 aromatic carbocycles. The van der Waals surface area contributed by atoms with Crippen LogP contribution in [0.2, 0.25) is 0 Å². The molecule has 0 fully saturated rings. The van der Waals surface area contributed by atoms with Gasteiger partial charge < -0.3 is 5.11 Å². The standard InChI is InChI=1S/C8H8N2OS/c9-6-7-1-2-10-8(5-7)12-4-3-11/h1-2,5,11H,3-4H2. The summed E-state index contributed by atoms with van der Waals surface area (Å²) < 4.78 is 0. The Morgan fingerprint density at radius 2 is 2.50 bits per heavy atom. The Kier molecular flexibility index (Phi) is 3.58. The van der Waals surface area contributed by atoms with Crippen molar-refractivity contribution in [3.05, 3.63) is 23.9 Å². The monoisotopic (exact) mass is 180 g/mol. The Hall–Kier alpha value is -1.05. The number of nitriles is 1. The molecule has 0 bridgehead atoms. The molecule has 0 amide bonds. The molecule has 1 aromatic rings. The summed E-state index contributed by atoms with van der Waals surface area (Å²) in [6, 6.07) is 5.39. The van der Waals surface area contributed by atoms with Crippen LogP contribution in [-0.2, 0) is 0 Å². The van der Waals surface area contributed by atoms with E-state index in [2.05, 4.69) is 4.98 Å². The molecule has 0 aliphatic carbocycles. The number of rotatable bonds is 3. The van der Waals surface area contributed by atoms with E-state index in [1.807, 2.05) is 6.07 Å². The highest BCUT2D eigenvalue weighted by atomic mass is 32.2. The first-order valence-corrected chi connectivity index (χ1v) is 4.45. The van der Waals surface area contributed by atoms with Crippen LogP contribution in [0.5, 0.6) is 0 Å². The molecule has 1 rings (SSSR count). The molecule has 1 N–H and O–H groups in total. The Morgan fingerprint density at radius 3 is 3.17 bits per heavy atom. The van der Waals surface area contributed by atoms with Gasteiger partial charge in [0.25, 0.3) is 0 Å². The largest absolute Gasteiger partial charge is 0.396 e. The molecule has 1 heterocycles. The van der Waals surface area contributed by atoms with Gasteiger partial charge in [-0.2, -0.15) is 5.26 Å². The molecule has 1 aromatic heterocycles. The van der Waals surface area contributed by atoms with Crippen LogP contribution in [0, 0.1) is 11.3 Å². The number of aliphatic hydroxyl groups is 1. The molecule has 62 valence electrons. The average molecular weight is 180 g/mol. The lowest BCUT2D eigenvalue weighted by Crippen LogP contribution is -1.88. The molecule has 0 aliphatic rings. The van der Waals surface area contributed by atoms with Crippen molar-refractivity contribution in [2.24, 2.45) is 0 Å². The minimum absolute atomic E-state index is 0.128. The number of hydrogen-bond donors (Lipinski definition) is 1. The predicted molar refractivity (Wildman–Crippen MR) is 46.8 cm³/mol. The number of aliphatic hydroxyl groups excluding tert-OH is 1. The van der Waals surface area contributed by atoms with Gasteiger partial charge in [-0.3, -0.25) is 0 Å². The van der Waals surface area contributed by atoms with E-state index >= 15 is 0 Å². The van der Waals surface area contributed by atoms with E-state index in [1.54, 1.807) is 18.3 Å². The van der Waals surface area contributed by atoms with Crippen molar-refractivity contribution in [1.82, 2.24) is 4.98 Å². The van der Waals surface area contributed by atoms with Crippen LogP contribution >= 0.6 is 11.8 Å². The van der Waals surface area contributed by atoms with E-state index in [1.165, 1.54) is 11.8 Å². The molecular formula is C8H8N2OS. The van der Waals surface area contributed by atoms with E-state index in [-0.39, 0.29) is 6.61 Å². The van der Waals surface area contributed by atoms with Gasteiger partial charge in [0, 0.05) is 11.9 Å². The van der Waals surface area contributed by atoms with Gasteiger partial charge in [0.1, 0.15) is 0 Å². The number of nitrogens with zero attached hydrogens (tertiary/aromatic N) is 2. The smallest absolute Gasteiger partial charge is 0.0993 e. The summed E-state index contributed by atoms with van der Waals surface area (Å²) in [6.07, 6.45) is 1.60. The maximum absolute atomic E-state index is 8.55. The second-order valence-corrected chi connectivity index (χ2v) is 3.18. The van der Waals surface area contributed by atoms with Gasteiger partial charge in [-0.25, -0.2) is 4.98 Å². The molecule has 0 unspecified atom stereocenters. The minimum atomic E-state index is 0.128. The highest BCUT2D eigenvalue weighted by Gasteiger charge is 1.95. The fraction of sp³-hybridized carbons (Fsp3) is 0.250. The summed E-state index contributed by atoms with van der Waals surface area (Å²) >= 11 is 1.44. The van der Waals surface area contributed by atoms with Gasteiger partial charge in [0.15, 0.2) is 0 Å². The van der Waals surface area contributed by atoms with Crippen LogP contribution in [-0.4, -0.2) is 22.5 Å². The van der Waals surface area contributed by atoms with E-state index < -0.39 is 0 Å². The van der Waals surface area contributed by atoms with Crippen molar-refractivity contribution in [2.75, 3.05) is 12.4 Å². The SMILES string of the molecule is N#Cc1ccnc(SCCO)c1. The number of hydrogen-bond acceptors (Lipinski definition) is 4. The normalized spacial score (nSPS) is 9.33. The summed E-state index contributed by atoms with van der Waals surface area (Å²) in [7, 11) is 0. The topological polar surface area (TPSA) is 56.9 Å². The maximum Gasteiger partial charge on any atom is 0.0993 e. The predicted octanol–water partition coefficient (Wildman–Crippen LogP) is 1.04. The lowest BCUT2D eigenvalue weighted by molar-refractivity contribution is 0.322. The van der Waals surface area contributed by atoms with Crippen molar-refractivity contribution in [3.63, 3.8) is 0 Å². The van der Waals surface area contributed by atoms with E-state index in [4.69, 9.17) is 10.4 Å². The average Bonchev–Trinajstić information content (AvgIpc) is 2.15. The summed E-state index contributed by atoms with van der Waals surface area (Å²) in [6.45, 7) is 0.128. The van der Waals surface area contributed by atoms with Crippen molar-refractivity contribution in [2.45, 2.75) is 5.03 Å². The third kappa shape index (κ3) is 2.53. The fourth-order valence-corrected chi connectivity index (χ4v) is 1.35. The first-order chi connectivity index (χ1) is 5.86. The Bertz CT molecular complexity index is 295. The van der Waals surface area contributed by atoms with Crippen molar-refractivity contribution in [1.29, 1.82) is 5.26 Å². The lowest BCUT2D eigenvalue weighted by Gasteiger charge is -1.96. The fourth-order valence-electron chi connectivity index (χ4n) is 0.708. The second-order valence-electron chi connectivity index (χ2n) is 2.07. The van der Waals surface area contributed by atoms with Gasteiger partial charge in [-0.15, -0.1) is 11.8 Å². The molecule has 3 nitrogen and oxygen atoms in total. The van der Waals surface area contributed by atoms with Gasteiger partial charge in [-0.05, 0) is 12.1 Å². The van der Waals surface area contributed by atoms with Gasteiger partial charge in [0.05, 0.1) is 23.3 Å².